The number of nitrogens with zero attached hydrogens (tertiary/aromatic N) is 1. The van der Waals surface area contributed by atoms with Crippen molar-refractivity contribution in [3.05, 3.63) is 22.7 Å². The van der Waals surface area contributed by atoms with E-state index in [0.717, 1.165) is 12.0 Å². The topological polar surface area (TPSA) is 59.0 Å². The van der Waals surface area contributed by atoms with Gasteiger partial charge in [0.1, 0.15) is 0 Å². The molecule has 1 unspecified atom stereocenters. The average Bonchev–Trinajstić information content (AvgIpc) is 2.46. The highest BCUT2D eigenvalue weighted by Crippen LogP contribution is 2.37. The van der Waals surface area contributed by atoms with E-state index in [1.165, 1.54) is 0 Å². The number of carboxylic acid groups (broad SMARTS) is 1. The van der Waals surface area contributed by atoms with Crippen molar-refractivity contribution in [2.75, 3.05) is 26.8 Å². The molecular weight excluding hydrogens is 318 g/mol. The molecule has 5 nitrogen and oxygen atoms in total. The van der Waals surface area contributed by atoms with Crippen LogP contribution in [-0.2, 0) is 11.3 Å². The third-order valence-corrected chi connectivity index (χ3v) is 3.56. The molecule has 0 saturated heterocycles. The maximum Gasteiger partial charge on any atom is 0.307 e. The van der Waals surface area contributed by atoms with Crippen LogP contribution in [0.1, 0.15) is 32.8 Å². The molecule has 1 aromatic rings. The average molecular weight is 344 g/mol. The molecule has 0 heterocycles. The monoisotopic (exact) mass is 343 g/mol. The molecular formula is C17H26ClNO4. The minimum Gasteiger partial charge on any atom is -0.490 e. The molecule has 23 heavy (non-hydrogen) atoms. The first-order valence-corrected chi connectivity index (χ1v) is 8.26. The molecule has 0 amide bonds. The summed E-state index contributed by atoms with van der Waals surface area (Å²) in [7, 11) is 1.88. The molecule has 0 aliphatic heterocycles. The predicted molar refractivity (Wildman–Crippen MR) is 91.5 cm³/mol. The highest BCUT2D eigenvalue weighted by Gasteiger charge is 2.16. The van der Waals surface area contributed by atoms with Crippen LogP contribution in [0.5, 0.6) is 11.5 Å². The van der Waals surface area contributed by atoms with Gasteiger partial charge in [0.05, 0.1) is 24.2 Å². The lowest BCUT2D eigenvalue weighted by Gasteiger charge is -2.20. The number of ether oxygens (including phenoxy) is 2. The van der Waals surface area contributed by atoms with Crippen LogP contribution in [-0.4, -0.2) is 42.8 Å². The second-order valence-corrected chi connectivity index (χ2v) is 6.03. The summed E-state index contributed by atoms with van der Waals surface area (Å²) in [6.07, 6.45) is 0.888. The number of halogens is 1. The summed E-state index contributed by atoms with van der Waals surface area (Å²) in [5.41, 5.74) is 0.961. The number of benzene rings is 1. The Kier molecular flexibility index (Phi) is 8.20. The lowest BCUT2D eigenvalue weighted by Crippen LogP contribution is -2.28. The van der Waals surface area contributed by atoms with Crippen molar-refractivity contribution in [3.63, 3.8) is 0 Å². The highest BCUT2D eigenvalue weighted by molar-refractivity contribution is 6.32. The van der Waals surface area contributed by atoms with E-state index in [9.17, 15) is 4.79 Å². The summed E-state index contributed by atoms with van der Waals surface area (Å²) in [6, 6.07) is 3.75. The molecule has 0 saturated carbocycles. The Morgan fingerprint density at radius 1 is 1.35 bits per heavy atom. The van der Waals surface area contributed by atoms with E-state index in [4.69, 9.17) is 26.2 Å². The number of carboxylic acids is 1. The summed E-state index contributed by atoms with van der Waals surface area (Å²) in [4.78, 5) is 12.9. The third-order valence-electron chi connectivity index (χ3n) is 3.28. The standard InChI is InChI=1S/C17H26ClNO4/c1-5-7-23-16-14(18)8-13(9-15(16)22-6-2)11-19(4)10-12(3)17(20)21/h8-9,12H,5-7,10-11H2,1-4H3,(H,20,21). The van der Waals surface area contributed by atoms with E-state index < -0.39 is 11.9 Å². The third kappa shape index (κ3) is 6.28. The molecule has 0 fully saturated rings. The molecule has 0 radical (unpaired) electrons. The summed E-state index contributed by atoms with van der Waals surface area (Å²) in [5, 5.41) is 9.50. The zero-order valence-corrected chi connectivity index (χ0v) is 15.0. The maximum absolute atomic E-state index is 10.9. The Labute approximate surface area is 143 Å². The highest BCUT2D eigenvalue weighted by atomic mass is 35.5. The van der Waals surface area contributed by atoms with Crippen LogP contribution >= 0.6 is 11.6 Å². The second kappa shape index (κ2) is 9.63. The number of hydrogen-bond acceptors (Lipinski definition) is 4. The van der Waals surface area contributed by atoms with Gasteiger partial charge in [0, 0.05) is 13.1 Å². The van der Waals surface area contributed by atoms with Crippen LogP contribution < -0.4 is 9.47 Å². The van der Waals surface area contributed by atoms with Gasteiger partial charge in [0.25, 0.3) is 0 Å². The van der Waals surface area contributed by atoms with Crippen LogP contribution in [0, 0.1) is 5.92 Å². The molecule has 0 bridgehead atoms. The number of hydrogen-bond donors (Lipinski definition) is 1. The van der Waals surface area contributed by atoms with Gasteiger partial charge in [-0.3, -0.25) is 4.79 Å². The zero-order valence-electron chi connectivity index (χ0n) is 14.3. The van der Waals surface area contributed by atoms with Crippen LogP contribution in [0.2, 0.25) is 5.02 Å². The first-order valence-electron chi connectivity index (χ1n) is 7.88. The van der Waals surface area contributed by atoms with Crippen molar-refractivity contribution < 1.29 is 19.4 Å². The Bertz CT molecular complexity index is 522. The van der Waals surface area contributed by atoms with Gasteiger partial charge in [-0.05, 0) is 38.1 Å². The van der Waals surface area contributed by atoms with Gasteiger partial charge in [0.15, 0.2) is 11.5 Å². The summed E-state index contributed by atoms with van der Waals surface area (Å²) >= 11 is 6.33. The molecule has 6 heteroatoms. The fourth-order valence-electron chi connectivity index (χ4n) is 2.24. The first kappa shape index (κ1) is 19.6. The van der Waals surface area contributed by atoms with Gasteiger partial charge in [-0.2, -0.15) is 0 Å². The minimum absolute atomic E-state index is 0.422. The van der Waals surface area contributed by atoms with Gasteiger partial charge in [0.2, 0.25) is 0 Å². The second-order valence-electron chi connectivity index (χ2n) is 5.62. The van der Waals surface area contributed by atoms with E-state index in [2.05, 4.69) is 0 Å². The first-order chi connectivity index (χ1) is 10.9. The Hall–Kier alpha value is -1.46. The molecule has 0 aliphatic carbocycles. The fourth-order valence-corrected chi connectivity index (χ4v) is 2.53. The van der Waals surface area contributed by atoms with Crippen molar-refractivity contribution in [3.8, 4) is 11.5 Å². The lowest BCUT2D eigenvalue weighted by molar-refractivity contribution is -0.141. The van der Waals surface area contributed by atoms with Crippen molar-refractivity contribution in [1.29, 1.82) is 0 Å². The Morgan fingerprint density at radius 3 is 2.61 bits per heavy atom. The van der Waals surface area contributed by atoms with E-state index in [-0.39, 0.29) is 0 Å². The molecule has 1 rings (SSSR count). The molecule has 1 atom stereocenters. The largest absolute Gasteiger partial charge is 0.490 e. The molecule has 0 aliphatic rings. The van der Waals surface area contributed by atoms with Crippen LogP contribution in [0.3, 0.4) is 0 Å². The van der Waals surface area contributed by atoms with Crippen LogP contribution in [0.15, 0.2) is 12.1 Å². The summed E-state index contributed by atoms with van der Waals surface area (Å²) in [6.45, 7) is 7.78. The van der Waals surface area contributed by atoms with Gasteiger partial charge in [-0.15, -0.1) is 0 Å². The smallest absolute Gasteiger partial charge is 0.307 e. The van der Waals surface area contributed by atoms with Gasteiger partial charge in [-0.25, -0.2) is 0 Å². The van der Waals surface area contributed by atoms with Gasteiger partial charge >= 0.3 is 5.97 Å². The minimum atomic E-state index is -0.798. The molecule has 1 N–H and O–H groups in total. The molecule has 130 valence electrons. The fraction of sp³-hybridized carbons (Fsp3) is 0.588. The molecule has 1 aromatic carbocycles. The van der Waals surface area contributed by atoms with E-state index in [0.29, 0.717) is 42.8 Å². The number of rotatable bonds is 10. The quantitative estimate of drug-likeness (QED) is 0.702. The number of aliphatic carboxylic acids is 1. The van der Waals surface area contributed by atoms with E-state index in [1.807, 2.05) is 37.9 Å². The molecule has 0 aromatic heterocycles. The Balaban J connectivity index is 2.89. The van der Waals surface area contributed by atoms with Crippen LogP contribution in [0.25, 0.3) is 0 Å². The van der Waals surface area contributed by atoms with Gasteiger partial charge in [-0.1, -0.05) is 25.4 Å². The summed E-state index contributed by atoms with van der Waals surface area (Å²) < 4.78 is 11.3. The van der Waals surface area contributed by atoms with E-state index >= 15 is 0 Å². The zero-order chi connectivity index (χ0) is 17.4. The van der Waals surface area contributed by atoms with Crippen molar-refractivity contribution in [2.45, 2.75) is 33.7 Å². The molecule has 0 spiro atoms. The Morgan fingerprint density at radius 2 is 2.04 bits per heavy atom. The van der Waals surface area contributed by atoms with Crippen molar-refractivity contribution in [1.82, 2.24) is 4.90 Å². The van der Waals surface area contributed by atoms with Gasteiger partial charge < -0.3 is 19.5 Å². The van der Waals surface area contributed by atoms with E-state index in [1.54, 1.807) is 6.92 Å². The SMILES string of the molecule is CCCOc1c(Cl)cc(CN(C)CC(C)C(=O)O)cc1OCC. The van der Waals surface area contributed by atoms with Crippen LogP contribution in [0.4, 0.5) is 0 Å². The predicted octanol–water partition coefficient (Wildman–Crippen LogP) is 3.68. The lowest BCUT2D eigenvalue weighted by atomic mass is 10.1. The van der Waals surface area contributed by atoms with Crippen molar-refractivity contribution >= 4 is 17.6 Å². The normalized spacial score (nSPS) is 12.3. The number of carbonyl (C=O) groups is 1. The van der Waals surface area contributed by atoms with Crippen molar-refractivity contribution in [2.24, 2.45) is 5.92 Å². The maximum atomic E-state index is 10.9. The summed E-state index contributed by atoms with van der Waals surface area (Å²) in [5.74, 6) is -0.0222.